The summed E-state index contributed by atoms with van der Waals surface area (Å²) in [6, 6.07) is 12.6. The van der Waals surface area contributed by atoms with Crippen molar-refractivity contribution in [3.8, 4) is 5.75 Å². The summed E-state index contributed by atoms with van der Waals surface area (Å²) >= 11 is 3.38. The molecule has 1 aromatic carbocycles. The highest BCUT2D eigenvalue weighted by Crippen LogP contribution is 2.19. The van der Waals surface area contributed by atoms with Crippen LogP contribution in [0, 0.1) is 6.92 Å². The van der Waals surface area contributed by atoms with Crippen LogP contribution in [0.1, 0.15) is 22.0 Å². The van der Waals surface area contributed by atoms with Crippen molar-refractivity contribution in [3.05, 3.63) is 64.2 Å². The topological polar surface area (TPSA) is 80.2 Å². The molecule has 0 atom stereocenters. The molecule has 3 aromatic rings. The summed E-state index contributed by atoms with van der Waals surface area (Å²) in [5.74, 6) is 1.58. The van der Waals surface area contributed by atoms with Gasteiger partial charge in [-0.05, 0) is 37.3 Å². The Labute approximate surface area is 141 Å². The fraction of sp³-hybridized carbons (Fsp3) is 0.125. The average molecular weight is 376 g/mol. The van der Waals surface area contributed by atoms with Gasteiger partial charge in [-0.25, -0.2) is 0 Å². The highest BCUT2D eigenvalue weighted by Gasteiger charge is 2.13. The molecule has 2 aromatic heterocycles. The van der Waals surface area contributed by atoms with Gasteiger partial charge in [-0.2, -0.15) is 5.10 Å². The molecule has 7 heteroatoms. The molecule has 6 nitrogen and oxygen atoms in total. The smallest absolute Gasteiger partial charge is 0.292 e. The van der Waals surface area contributed by atoms with E-state index in [4.69, 9.17) is 9.15 Å². The Bertz CT molecular complexity index is 825. The maximum Gasteiger partial charge on any atom is 0.292 e. The molecule has 0 unspecified atom stereocenters. The van der Waals surface area contributed by atoms with E-state index in [0.717, 1.165) is 10.2 Å². The van der Waals surface area contributed by atoms with Crippen LogP contribution in [-0.4, -0.2) is 16.1 Å². The molecule has 2 heterocycles. The fourth-order valence-corrected chi connectivity index (χ4v) is 2.33. The van der Waals surface area contributed by atoms with Crippen LogP contribution in [0.4, 0.5) is 5.82 Å². The lowest BCUT2D eigenvalue weighted by Crippen LogP contribution is -2.11. The highest BCUT2D eigenvalue weighted by molar-refractivity contribution is 9.10. The van der Waals surface area contributed by atoms with E-state index in [9.17, 15) is 4.79 Å². The Balaban J connectivity index is 1.60. The monoisotopic (exact) mass is 375 g/mol. The van der Waals surface area contributed by atoms with Crippen molar-refractivity contribution in [2.45, 2.75) is 13.5 Å². The van der Waals surface area contributed by atoms with E-state index < -0.39 is 0 Å². The number of halogens is 1. The Morgan fingerprint density at radius 1 is 1.35 bits per heavy atom. The molecule has 3 rings (SSSR count). The molecule has 0 spiro atoms. The summed E-state index contributed by atoms with van der Waals surface area (Å²) in [6.07, 6.45) is 0. The molecule has 23 heavy (non-hydrogen) atoms. The molecule has 118 valence electrons. The summed E-state index contributed by atoms with van der Waals surface area (Å²) in [5.41, 5.74) is 0.864. The predicted molar refractivity (Wildman–Crippen MR) is 88.5 cm³/mol. The molecule has 0 fully saturated rings. The molecular formula is C16H14BrN3O3. The van der Waals surface area contributed by atoms with Crippen molar-refractivity contribution >= 4 is 27.7 Å². The van der Waals surface area contributed by atoms with Crippen molar-refractivity contribution < 1.29 is 13.9 Å². The number of aromatic nitrogens is 2. The van der Waals surface area contributed by atoms with Crippen LogP contribution < -0.4 is 10.1 Å². The maximum absolute atomic E-state index is 12.0. The summed E-state index contributed by atoms with van der Waals surface area (Å²) in [6.45, 7) is 2.10. The zero-order valence-corrected chi connectivity index (χ0v) is 13.9. The Hall–Kier alpha value is -2.54. The second-order valence-corrected chi connectivity index (χ2v) is 5.82. The maximum atomic E-state index is 12.0. The van der Waals surface area contributed by atoms with E-state index in [2.05, 4.69) is 31.4 Å². The van der Waals surface area contributed by atoms with Gasteiger partial charge < -0.3 is 14.5 Å². The minimum absolute atomic E-state index is 0.207. The fourth-order valence-electron chi connectivity index (χ4n) is 1.95. The Kier molecular flexibility index (Phi) is 4.47. The number of aromatic amines is 1. The van der Waals surface area contributed by atoms with Gasteiger partial charge in [0.25, 0.3) is 5.91 Å². The number of hydrogen-bond donors (Lipinski definition) is 2. The third-order valence-electron chi connectivity index (χ3n) is 3.01. The number of benzene rings is 1. The lowest BCUT2D eigenvalue weighted by atomic mass is 10.3. The largest absolute Gasteiger partial charge is 0.486 e. The van der Waals surface area contributed by atoms with Gasteiger partial charge in [0.15, 0.2) is 11.6 Å². The molecule has 0 saturated heterocycles. The number of aryl methyl sites for hydroxylation is 1. The number of nitrogens with zero attached hydrogens (tertiary/aromatic N) is 1. The number of amides is 1. The second kappa shape index (κ2) is 6.70. The number of H-pyrrole nitrogens is 1. The summed E-state index contributed by atoms with van der Waals surface area (Å²) in [5, 5.41) is 9.35. The lowest BCUT2D eigenvalue weighted by molar-refractivity contribution is 0.0992. The van der Waals surface area contributed by atoms with Crippen molar-refractivity contribution in [1.82, 2.24) is 10.2 Å². The number of furan rings is 1. The van der Waals surface area contributed by atoms with Crippen LogP contribution >= 0.6 is 15.9 Å². The van der Waals surface area contributed by atoms with Gasteiger partial charge in [-0.1, -0.05) is 22.0 Å². The SMILES string of the molecule is Cc1cc(NC(=O)c2ccc(COc3cccc(Br)c3)o2)n[nH]1. The van der Waals surface area contributed by atoms with Gasteiger partial charge in [0.2, 0.25) is 0 Å². The van der Waals surface area contributed by atoms with Gasteiger partial charge in [0.05, 0.1) is 0 Å². The second-order valence-electron chi connectivity index (χ2n) is 4.90. The molecule has 0 bridgehead atoms. The molecule has 0 saturated carbocycles. The summed E-state index contributed by atoms with van der Waals surface area (Å²) < 4.78 is 12.0. The number of ether oxygens (including phenoxy) is 1. The van der Waals surface area contributed by atoms with Crippen LogP contribution in [-0.2, 0) is 6.61 Å². The van der Waals surface area contributed by atoms with Crippen molar-refractivity contribution in [2.24, 2.45) is 0 Å². The Morgan fingerprint density at radius 3 is 2.96 bits per heavy atom. The van der Waals surface area contributed by atoms with E-state index >= 15 is 0 Å². The first-order valence-electron chi connectivity index (χ1n) is 6.90. The lowest BCUT2D eigenvalue weighted by Gasteiger charge is -2.04. The van der Waals surface area contributed by atoms with E-state index in [1.165, 1.54) is 0 Å². The van der Waals surface area contributed by atoms with E-state index in [-0.39, 0.29) is 18.3 Å². The number of hydrogen-bond acceptors (Lipinski definition) is 4. The van der Waals surface area contributed by atoms with Crippen molar-refractivity contribution in [3.63, 3.8) is 0 Å². The molecule has 0 aliphatic rings. The number of anilines is 1. The van der Waals surface area contributed by atoms with Crippen LogP contribution in [0.25, 0.3) is 0 Å². The molecule has 1 amide bonds. The number of carbonyl (C=O) groups is 1. The standard InChI is InChI=1S/C16H14BrN3O3/c1-10-7-15(20-19-10)18-16(21)14-6-5-13(23-14)9-22-12-4-2-3-11(17)8-12/h2-8H,9H2,1H3,(H2,18,19,20,21). The normalized spacial score (nSPS) is 10.5. The third kappa shape index (κ3) is 4.01. The van der Waals surface area contributed by atoms with Gasteiger partial charge in [0.1, 0.15) is 18.1 Å². The first-order valence-corrected chi connectivity index (χ1v) is 7.70. The quantitative estimate of drug-likeness (QED) is 0.708. The molecule has 0 aliphatic carbocycles. The van der Waals surface area contributed by atoms with Crippen LogP contribution in [0.2, 0.25) is 0 Å². The van der Waals surface area contributed by atoms with E-state index in [1.807, 2.05) is 31.2 Å². The van der Waals surface area contributed by atoms with Crippen molar-refractivity contribution in [2.75, 3.05) is 5.32 Å². The summed E-state index contributed by atoms with van der Waals surface area (Å²) in [4.78, 5) is 12.0. The number of nitrogens with one attached hydrogen (secondary N) is 2. The van der Waals surface area contributed by atoms with Crippen LogP contribution in [0.15, 0.2) is 51.4 Å². The predicted octanol–water partition coefficient (Wildman–Crippen LogP) is 3.90. The number of carbonyl (C=O) groups excluding carboxylic acids is 1. The summed E-state index contributed by atoms with van der Waals surface area (Å²) in [7, 11) is 0. The van der Waals surface area contributed by atoms with Gasteiger partial charge in [0, 0.05) is 16.2 Å². The van der Waals surface area contributed by atoms with E-state index in [1.54, 1.807) is 18.2 Å². The van der Waals surface area contributed by atoms with Crippen LogP contribution in [0.5, 0.6) is 5.75 Å². The average Bonchev–Trinajstić information content (AvgIpc) is 3.14. The zero-order chi connectivity index (χ0) is 16.2. The highest BCUT2D eigenvalue weighted by atomic mass is 79.9. The van der Waals surface area contributed by atoms with Gasteiger partial charge in [-0.15, -0.1) is 0 Å². The first-order chi connectivity index (χ1) is 11.1. The molecule has 2 N–H and O–H groups in total. The molecule has 0 aliphatic heterocycles. The number of rotatable bonds is 5. The van der Waals surface area contributed by atoms with Crippen LogP contribution in [0.3, 0.4) is 0 Å². The zero-order valence-electron chi connectivity index (χ0n) is 12.3. The third-order valence-corrected chi connectivity index (χ3v) is 3.50. The Morgan fingerprint density at radius 2 is 2.22 bits per heavy atom. The molecule has 0 radical (unpaired) electrons. The van der Waals surface area contributed by atoms with Gasteiger partial charge >= 0.3 is 0 Å². The minimum atomic E-state index is -0.356. The molecular weight excluding hydrogens is 362 g/mol. The first kappa shape index (κ1) is 15.4. The van der Waals surface area contributed by atoms with Crippen molar-refractivity contribution in [1.29, 1.82) is 0 Å². The van der Waals surface area contributed by atoms with E-state index in [0.29, 0.717) is 17.3 Å². The minimum Gasteiger partial charge on any atom is -0.486 e. The van der Waals surface area contributed by atoms with Gasteiger partial charge in [-0.3, -0.25) is 9.89 Å².